The van der Waals surface area contributed by atoms with E-state index < -0.39 is 0 Å². The molecule has 0 saturated carbocycles. The Morgan fingerprint density at radius 1 is 1.35 bits per heavy atom. The molecule has 1 N–H and O–H groups in total. The van der Waals surface area contributed by atoms with Crippen LogP contribution in [0.5, 0.6) is 0 Å². The van der Waals surface area contributed by atoms with Crippen LogP contribution in [0.15, 0.2) is 24.9 Å². The number of Topliss-reactive ketones (excluding diaryl/α,β-unsaturated/α-hetero) is 1. The van der Waals surface area contributed by atoms with Crippen molar-refractivity contribution in [1.82, 2.24) is 19.9 Å². The van der Waals surface area contributed by atoms with Crippen molar-refractivity contribution >= 4 is 5.78 Å². The molecule has 0 spiro atoms. The number of hydrogen-bond donors (Lipinski definition) is 1. The van der Waals surface area contributed by atoms with Gasteiger partial charge in [0.1, 0.15) is 5.69 Å². The molecule has 86 valence electrons. The van der Waals surface area contributed by atoms with Crippen molar-refractivity contribution in [2.24, 2.45) is 5.92 Å². The Labute approximate surface area is 98.3 Å². The Bertz CT molecular complexity index is 535. The van der Waals surface area contributed by atoms with Gasteiger partial charge in [-0.25, -0.2) is 9.97 Å². The van der Waals surface area contributed by atoms with E-state index in [2.05, 4.69) is 19.9 Å². The van der Waals surface area contributed by atoms with Crippen LogP contribution < -0.4 is 0 Å². The number of aromatic amines is 1. The summed E-state index contributed by atoms with van der Waals surface area (Å²) in [6, 6.07) is 0. The molecule has 2 aromatic rings. The predicted octanol–water partition coefficient (Wildman–Crippen LogP) is 1.19. The van der Waals surface area contributed by atoms with Gasteiger partial charge in [-0.15, -0.1) is 0 Å². The summed E-state index contributed by atoms with van der Waals surface area (Å²) in [6.45, 7) is 0. The Balaban J connectivity index is 1.84. The van der Waals surface area contributed by atoms with Gasteiger partial charge in [0.05, 0.1) is 12.0 Å². The van der Waals surface area contributed by atoms with Crippen molar-refractivity contribution < 1.29 is 4.79 Å². The van der Waals surface area contributed by atoms with Crippen LogP contribution in [0.4, 0.5) is 0 Å². The molecule has 0 radical (unpaired) electrons. The van der Waals surface area contributed by atoms with E-state index in [1.807, 2.05) is 0 Å². The van der Waals surface area contributed by atoms with Crippen LogP contribution in [0.25, 0.3) is 0 Å². The largest absolute Gasteiger partial charge is 0.348 e. The zero-order valence-electron chi connectivity index (χ0n) is 9.26. The third kappa shape index (κ3) is 1.84. The van der Waals surface area contributed by atoms with Crippen molar-refractivity contribution in [1.29, 1.82) is 0 Å². The molecule has 5 heteroatoms. The molecule has 1 aliphatic carbocycles. The first-order chi connectivity index (χ1) is 8.34. The highest BCUT2D eigenvalue weighted by Crippen LogP contribution is 2.24. The number of aromatic nitrogens is 4. The molecule has 0 aliphatic heterocycles. The van der Waals surface area contributed by atoms with Gasteiger partial charge in [0, 0.05) is 30.2 Å². The van der Waals surface area contributed by atoms with Gasteiger partial charge in [0.15, 0.2) is 5.78 Å². The number of nitrogens with zero attached hydrogens (tertiary/aromatic N) is 3. The van der Waals surface area contributed by atoms with Gasteiger partial charge >= 0.3 is 0 Å². The van der Waals surface area contributed by atoms with E-state index in [4.69, 9.17) is 0 Å². The summed E-state index contributed by atoms with van der Waals surface area (Å²) < 4.78 is 0. The fourth-order valence-corrected chi connectivity index (χ4v) is 2.25. The predicted molar refractivity (Wildman–Crippen MR) is 60.5 cm³/mol. The highest BCUT2D eigenvalue weighted by atomic mass is 16.1. The van der Waals surface area contributed by atoms with Crippen LogP contribution in [-0.2, 0) is 12.8 Å². The first-order valence-corrected chi connectivity index (χ1v) is 5.66. The first kappa shape index (κ1) is 10.1. The number of fused-ring (bicyclic) bond motifs is 1. The number of nitrogens with one attached hydrogen (secondary N) is 1. The van der Waals surface area contributed by atoms with Gasteiger partial charge in [0.25, 0.3) is 0 Å². The van der Waals surface area contributed by atoms with Gasteiger partial charge in [-0.1, -0.05) is 0 Å². The monoisotopic (exact) mass is 228 g/mol. The molecule has 0 bridgehead atoms. The van der Waals surface area contributed by atoms with E-state index in [1.165, 1.54) is 0 Å². The summed E-state index contributed by atoms with van der Waals surface area (Å²) in [5.74, 6) is 0.105. The number of imidazole rings is 1. The number of carbonyl (C=O) groups excluding carboxylic acids is 1. The Kier molecular flexibility index (Phi) is 2.44. The molecular weight excluding hydrogens is 216 g/mol. The van der Waals surface area contributed by atoms with Crippen LogP contribution in [0.3, 0.4) is 0 Å². The third-order valence-corrected chi connectivity index (χ3v) is 3.13. The van der Waals surface area contributed by atoms with Crippen molar-refractivity contribution in [3.05, 3.63) is 42.0 Å². The highest BCUT2D eigenvalue weighted by Gasteiger charge is 2.29. The lowest BCUT2D eigenvalue weighted by Gasteiger charge is -2.20. The van der Waals surface area contributed by atoms with Gasteiger partial charge in [0.2, 0.25) is 0 Å². The SMILES string of the molecule is O=C1c2nccnc2CCC1Cc1cnc[nH]1. The molecule has 0 fully saturated rings. The third-order valence-electron chi connectivity index (χ3n) is 3.13. The van der Waals surface area contributed by atoms with Crippen molar-refractivity contribution in [3.8, 4) is 0 Å². The fraction of sp³-hybridized carbons (Fsp3) is 0.333. The Morgan fingerprint density at radius 2 is 2.24 bits per heavy atom. The van der Waals surface area contributed by atoms with E-state index in [0.29, 0.717) is 12.1 Å². The van der Waals surface area contributed by atoms with Crippen LogP contribution in [-0.4, -0.2) is 25.7 Å². The van der Waals surface area contributed by atoms with Crippen LogP contribution in [0.2, 0.25) is 0 Å². The van der Waals surface area contributed by atoms with E-state index in [1.54, 1.807) is 24.9 Å². The van der Waals surface area contributed by atoms with Crippen molar-refractivity contribution in [2.75, 3.05) is 0 Å². The molecule has 2 heterocycles. The summed E-state index contributed by atoms with van der Waals surface area (Å²) >= 11 is 0. The average molecular weight is 228 g/mol. The van der Waals surface area contributed by atoms with Crippen molar-refractivity contribution in [2.45, 2.75) is 19.3 Å². The molecule has 3 rings (SSSR count). The highest BCUT2D eigenvalue weighted by molar-refractivity contribution is 5.98. The second-order valence-corrected chi connectivity index (χ2v) is 4.23. The second kappa shape index (κ2) is 4.08. The molecule has 0 aromatic carbocycles. The zero-order valence-corrected chi connectivity index (χ0v) is 9.26. The topological polar surface area (TPSA) is 71.5 Å². The lowest BCUT2D eigenvalue weighted by Crippen LogP contribution is -2.26. The summed E-state index contributed by atoms with van der Waals surface area (Å²) in [4.78, 5) is 27.5. The minimum Gasteiger partial charge on any atom is -0.348 e. The lowest BCUT2D eigenvalue weighted by atomic mass is 9.85. The Hall–Kier alpha value is -2.04. The Morgan fingerprint density at radius 3 is 3.06 bits per heavy atom. The summed E-state index contributed by atoms with van der Waals surface area (Å²) in [6.07, 6.45) is 8.98. The molecule has 2 aromatic heterocycles. The maximum absolute atomic E-state index is 12.2. The molecule has 17 heavy (non-hydrogen) atoms. The van der Waals surface area contributed by atoms with Gasteiger partial charge in [-0.3, -0.25) is 9.78 Å². The first-order valence-electron chi connectivity index (χ1n) is 5.66. The van der Waals surface area contributed by atoms with E-state index in [-0.39, 0.29) is 11.7 Å². The number of rotatable bonds is 2. The van der Waals surface area contributed by atoms with Gasteiger partial charge in [-0.05, 0) is 19.3 Å². The fourth-order valence-electron chi connectivity index (χ4n) is 2.25. The van der Waals surface area contributed by atoms with Gasteiger partial charge < -0.3 is 4.98 Å². The number of ketones is 1. The zero-order chi connectivity index (χ0) is 11.7. The quantitative estimate of drug-likeness (QED) is 0.838. The summed E-state index contributed by atoms with van der Waals surface area (Å²) in [5, 5.41) is 0. The van der Waals surface area contributed by atoms with E-state index in [0.717, 1.165) is 24.2 Å². The molecule has 0 amide bonds. The molecule has 0 saturated heterocycles. The molecular formula is C12H12N4O. The number of H-pyrrole nitrogens is 1. The minimum atomic E-state index is -0.000324. The maximum Gasteiger partial charge on any atom is 0.186 e. The molecule has 1 atom stereocenters. The summed E-state index contributed by atoms with van der Waals surface area (Å²) in [7, 11) is 0. The number of hydrogen-bond acceptors (Lipinski definition) is 4. The van der Waals surface area contributed by atoms with E-state index >= 15 is 0 Å². The van der Waals surface area contributed by atoms with Crippen molar-refractivity contribution in [3.63, 3.8) is 0 Å². The standard InChI is InChI=1S/C12H12N4O/c17-12-8(5-9-6-13-7-16-9)1-2-10-11(12)15-4-3-14-10/h3-4,6-8H,1-2,5H2,(H,13,16). The average Bonchev–Trinajstić information content (AvgIpc) is 2.86. The smallest absolute Gasteiger partial charge is 0.186 e. The van der Waals surface area contributed by atoms with Crippen LogP contribution >= 0.6 is 0 Å². The van der Waals surface area contributed by atoms with Crippen LogP contribution in [0, 0.1) is 5.92 Å². The van der Waals surface area contributed by atoms with Crippen LogP contribution in [0.1, 0.15) is 28.3 Å². The van der Waals surface area contributed by atoms with Gasteiger partial charge in [-0.2, -0.15) is 0 Å². The lowest BCUT2D eigenvalue weighted by molar-refractivity contribution is 0.0893. The second-order valence-electron chi connectivity index (χ2n) is 4.23. The summed E-state index contributed by atoms with van der Waals surface area (Å²) in [5.41, 5.74) is 2.37. The minimum absolute atomic E-state index is 0.000324. The molecule has 1 aliphatic rings. The molecule has 5 nitrogen and oxygen atoms in total. The van der Waals surface area contributed by atoms with E-state index in [9.17, 15) is 4.79 Å². The number of carbonyl (C=O) groups is 1. The maximum atomic E-state index is 12.2. The number of aryl methyl sites for hydroxylation is 1. The molecule has 1 unspecified atom stereocenters. The normalized spacial score (nSPS) is 19.1.